The number of aliphatic hydroxyl groups is 1. The first-order chi connectivity index (χ1) is 11.1. The van der Waals surface area contributed by atoms with Crippen molar-refractivity contribution in [2.24, 2.45) is 5.92 Å². The smallest absolute Gasteiger partial charge is 0.400 e. The van der Waals surface area contributed by atoms with Gasteiger partial charge in [0.15, 0.2) is 5.78 Å². The zero-order valence-corrected chi connectivity index (χ0v) is 15.4. The molecular formula is C19H27BO4. The number of Topliss-reactive ketones (excluding diaryl/α,β-unsaturated/α-hetero) is 1. The Morgan fingerprint density at radius 1 is 1.12 bits per heavy atom. The number of benzene rings is 1. The Hall–Kier alpha value is -1.43. The maximum Gasteiger partial charge on any atom is 0.492 e. The average Bonchev–Trinajstić information content (AvgIpc) is 2.72. The number of aliphatic hydroxyl groups excluding tert-OH is 1. The molecule has 0 saturated carbocycles. The van der Waals surface area contributed by atoms with Crippen LogP contribution in [0, 0.1) is 5.92 Å². The second kappa shape index (κ2) is 6.83. The minimum atomic E-state index is -0.572. The summed E-state index contributed by atoms with van der Waals surface area (Å²) in [6.07, 6.45) is 1.85. The molecule has 0 spiro atoms. The molecule has 4 nitrogen and oxygen atoms in total. The second-order valence-corrected chi connectivity index (χ2v) is 7.61. The zero-order chi connectivity index (χ0) is 18.1. The van der Waals surface area contributed by atoms with Crippen molar-refractivity contribution in [3.05, 3.63) is 40.9 Å². The molecule has 0 aliphatic carbocycles. The molecule has 1 fully saturated rings. The van der Waals surface area contributed by atoms with Crippen LogP contribution in [0.5, 0.6) is 0 Å². The van der Waals surface area contributed by atoms with Gasteiger partial charge in [-0.2, -0.15) is 0 Å². The maximum absolute atomic E-state index is 12.0. The van der Waals surface area contributed by atoms with E-state index >= 15 is 0 Å². The summed E-state index contributed by atoms with van der Waals surface area (Å²) in [5.41, 5.74) is 1.37. The van der Waals surface area contributed by atoms with E-state index in [1.807, 2.05) is 71.9 Å². The fourth-order valence-electron chi connectivity index (χ4n) is 2.47. The number of carbonyl (C=O) groups excluding carboxylic acids is 1. The summed E-state index contributed by atoms with van der Waals surface area (Å²) in [7, 11) is -0.572. The normalized spacial score (nSPS) is 19.8. The Balaban J connectivity index is 2.21. The van der Waals surface area contributed by atoms with E-state index in [-0.39, 0.29) is 18.3 Å². The van der Waals surface area contributed by atoms with Gasteiger partial charge in [0.05, 0.1) is 17.8 Å². The van der Waals surface area contributed by atoms with Crippen LogP contribution < -0.4 is 0 Å². The third kappa shape index (κ3) is 3.80. The fourth-order valence-corrected chi connectivity index (χ4v) is 2.47. The minimum Gasteiger partial charge on any atom is -0.400 e. The van der Waals surface area contributed by atoms with Gasteiger partial charge in [0.1, 0.15) is 0 Å². The van der Waals surface area contributed by atoms with Crippen molar-refractivity contribution in [2.75, 3.05) is 6.61 Å². The maximum atomic E-state index is 12.0. The summed E-state index contributed by atoms with van der Waals surface area (Å²) in [5.74, 6) is 0.100. The molecule has 1 heterocycles. The van der Waals surface area contributed by atoms with Crippen LogP contribution in [-0.4, -0.2) is 35.8 Å². The van der Waals surface area contributed by atoms with Crippen molar-refractivity contribution in [1.82, 2.24) is 0 Å². The molecule has 1 aromatic rings. The lowest BCUT2D eigenvalue weighted by molar-refractivity contribution is 0.00578. The quantitative estimate of drug-likeness (QED) is 0.663. The fraction of sp³-hybridized carbons (Fsp3) is 0.526. The molecular weight excluding hydrogens is 303 g/mol. The number of hydrogen-bond donors (Lipinski definition) is 1. The molecule has 0 bridgehead atoms. The predicted molar refractivity (Wildman–Crippen MR) is 96.8 cm³/mol. The van der Waals surface area contributed by atoms with Gasteiger partial charge in [-0.25, -0.2) is 0 Å². The van der Waals surface area contributed by atoms with Crippen LogP contribution >= 0.6 is 0 Å². The molecule has 5 heteroatoms. The first kappa shape index (κ1) is 18.9. The van der Waals surface area contributed by atoms with Gasteiger partial charge in [-0.05, 0) is 38.7 Å². The SMILES string of the molecule is CC(C)C(=O)c1ccc(C=C(CO)B2OC(C)(C)C(C)(C)O2)cc1. The molecule has 1 N–H and O–H groups in total. The third-order valence-electron chi connectivity index (χ3n) is 4.81. The van der Waals surface area contributed by atoms with E-state index in [0.29, 0.717) is 11.0 Å². The highest BCUT2D eigenvalue weighted by Crippen LogP contribution is 2.38. The van der Waals surface area contributed by atoms with E-state index in [2.05, 4.69) is 0 Å². The molecule has 0 radical (unpaired) electrons. The number of ketones is 1. The van der Waals surface area contributed by atoms with Crippen molar-refractivity contribution < 1.29 is 19.2 Å². The molecule has 0 unspecified atom stereocenters. The highest BCUT2D eigenvalue weighted by atomic mass is 16.7. The summed E-state index contributed by atoms with van der Waals surface area (Å²) in [4.78, 5) is 12.0. The van der Waals surface area contributed by atoms with Gasteiger partial charge >= 0.3 is 7.12 Å². The number of hydrogen-bond acceptors (Lipinski definition) is 4. The standard InChI is InChI=1S/C19H27BO4/c1-13(2)17(22)15-9-7-14(8-10-15)11-16(12-21)20-23-18(3,4)19(5,6)24-20/h7-11,13,21H,12H2,1-6H3. The van der Waals surface area contributed by atoms with E-state index in [9.17, 15) is 9.90 Å². The number of rotatable bonds is 5. The van der Waals surface area contributed by atoms with Gasteiger partial charge in [0, 0.05) is 11.5 Å². The number of carbonyl (C=O) groups is 1. The van der Waals surface area contributed by atoms with E-state index in [1.54, 1.807) is 0 Å². The molecule has 1 saturated heterocycles. The zero-order valence-electron chi connectivity index (χ0n) is 15.4. The topological polar surface area (TPSA) is 55.8 Å². The molecule has 24 heavy (non-hydrogen) atoms. The van der Waals surface area contributed by atoms with Crippen LogP contribution in [0.2, 0.25) is 0 Å². The Morgan fingerprint density at radius 2 is 1.62 bits per heavy atom. The highest BCUT2D eigenvalue weighted by molar-refractivity contribution is 6.55. The summed E-state index contributed by atoms with van der Waals surface area (Å²) >= 11 is 0. The van der Waals surface area contributed by atoms with Gasteiger partial charge in [-0.15, -0.1) is 0 Å². The van der Waals surface area contributed by atoms with E-state index in [1.165, 1.54) is 0 Å². The van der Waals surface area contributed by atoms with Crippen LogP contribution in [0.15, 0.2) is 29.7 Å². The first-order valence-electron chi connectivity index (χ1n) is 8.38. The Labute approximate surface area is 145 Å². The van der Waals surface area contributed by atoms with Crippen LogP contribution in [-0.2, 0) is 9.31 Å². The molecule has 0 aromatic heterocycles. The van der Waals surface area contributed by atoms with Gasteiger partial charge in [0.25, 0.3) is 0 Å². The lowest BCUT2D eigenvalue weighted by Crippen LogP contribution is -2.41. The predicted octanol–water partition coefficient (Wildman–Crippen LogP) is 3.53. The lowest BCUT2D eigenvalue weighted by atomic mass is 9.77. The molecule has 2 rings (SSSR count). The molecule has 130 valence electrons. The third-order valence-corrected chi connectivity index (χ3v) is 4.81. The molecule has 0 amide bonds. The Morgan fingerprint density at radius 3 is 2.04 bits per heavy atom. The van der Waals surface area contributed by atoms with Crippen LogP contribution in [0.25, 0.3) is 6.08 Å². The summed E-state index contributed by atoms with van der Waals surface area (Å²) < 4.78 is 12.0. The molecule has 1 aliphatic rings. The average molecular weight is 330 g/mol. The van der Waals surface area contributed by atoms with Crippen molar-refractivity contribution in [3.8, 4) is 0 Å². The van der Waals surface area contributed by atoms with E-state index < -0.39 is 18.3 Å². The summed E-state index contributed by atoms with van der Waals surface area (Å²) in [6.45, 7) is 11.5. The van der Waals surface area contributed by atoms with E-state index in [4.69, 9.17) is 9.31 Å². The van der Waals surface area contributed by atoms with Gasteiger partial charge < -0.3 is 14.4 Å². The van der Waals surface area contributed by atoms with Crippen molar-refractivity contribution >= 4 is 19.0 Å². The summed E-state index contributed by atoms with van der Waals surface area (Å²) in [6, 6.07) is 7.37. The monoisotopic (exact) mass is 330 g/mol. The lowest BCUT2D eigenvalue weighted by Gasteiger charge is -2.32. The van der Waals surface area contributed by atoms with Crippen molar-refractivity contribution in [3.63, 3.8) is 0 Å². The molecule has 1 aliphatic heterocycles. The summed E-state index contributed by atoms with van der Waals surface area (Å²) in [5, 5.41) is 9.72. The molecule has 0 atom stereocenters. The van der Waals surface area contributed by atoms with Crippen molar-refractivity contribution in [1.29, 1.82) is 0 Å². The molecule has 1 aromatic carbocycles. The van der Waals surface area contributed by atoms with Crippen LogP contribution in [0.1, 0.15) is 57.5 Å². The first-order valence-corrected chi connectivity index (χ1v) is 8.38. The van der Waals surface area contributed by atoms with Gasteiger partial charge in [0.2, 0.25) is 0 Å². The Bertz CT molecular complexity index is 613. The van der Waals surface area contributed by atoms with Crippen LogP contribution in [0.4, 0.5) is 0 Å². The largest absolute Gasteiger partial charge is 0.492 e. The van der Waals surface area contributed by atoms with Gasteiger partial charge in [-0.3, -0.25) is 4.79 Å². The van der Waals surface area contributed by atoms with E-state index in [0.717, 1.165) is 5.56 Å². The van der Waals surface area contributed by atoms with Crippen LogP contribution in [0.3, 0.4) is 0 Å². The van der Waals surface area contributed by atoms with Gasteiger partial charge in [-0.1, -0.05) is 44.2 Å². The van der Waals surface area contributed by atoms with Crippen molar-refractivity contribution in [2.45, 2.75) is 52.7 Å². The minimum absolute atomic E-state index is 0.0239. The highest BCUT2D eigenvalue weighted by Gasteiger charge is 2.52. The second-order valence-electron chi connectivity index (χ2n) is 7.61. The Kier molecular flexibility index (Phi) is 5.38.